The maximum Gasteiger partial charge on any atom is 0.149 e. The van der Waals surface area contributed by atoms with E-state index in [0.717, 1.165) is 61.3 Å². The number of aromatic nitrogens is 3. The molecule has 0 amide bonds. The molecule has 0 aliphatic carbocycles. The first-order valence-corrected chi connectivity index (χ1v) is 18.5. The first-order valence-electron chi connectivity index (χ1n) is 21.5. The van der Waals surface area contributed by atoms with Crippen LogP contribution in [0.2, 0.25) is 0 Å². The molecule has 7 aromatic carbocycles. The van der Waals surface area contributed by atoms with E-state index in [1.165, 1.54) is 0 Å². The van der Waals surface area contributed by atoms with E-state index in [0.29, 0.717) is 33.7 Å². The Morgan fingerprint density at radius 3 is 1.93 bits per heavy atom. The van der Waals surface area contributed by atoms with Crippen molar-refractivity contribution in [1.29, 1.82) is 0 Å². The summed E-state index contributed by atoms with van der Waals surface area (Å²) >= 11 is 0. The van der Waals surface area contributed by atoms with E-state index in [4.69, 9.17) is 18.2 Å². The predicted octanol–water partition coefficient (Wildman–Crippen LogP) is 13.4. The van der Waals surface area contributed by atoms with Crippen LogP contribution < -0.4 is 0 Å². The van der Waals surface area contributed by atoms with Crippen LogP contribution in [-0.2, 0) is 0 Å². The Labute approximate surface area is 336 Å². The minimum atomic E-state index is -2.49. The molecule has 0 fully saturated rings. The maximum atomic E-state index is 11.7. The number of fused-ring (bicyclic) bond motifs is 1. The number of aryl methyl sites for hydroxylation is 4. The lowest BCUT2D eigenvalue weighted by molar-refractivity contribution is 0.472. The van der Waals surface area contributed by atoms with Crippen LogP contribution in [0, 0.1) is 27.6 Å². The highest BCUT2D eigenvalue weighted by Gasteiger charge is 2.22. The largest absolute Gasteiger partial charge is 0.507 e. The minimum Gasteiger partial charge on any atom is -0.507 e. The lowest BCUT2D eigenvalue weighted by atomic mass is 9.93. The summed E-state index contributed by atoms with van der Waals surface area (Å²) in [6, 6.07) is 52.1. The number of pyridine rings is 1. The Bertz CT molecular complexity index is 3120. The van der Waals surface area contributed by atoms with Gasteiger partial charge in [0.1, 0.15) is 11.6 Å². The van der Waals surface area contributed by atoms with Gasteiger partial charge in [0.25, 0.3) is 0 Å². The first-order chi connectivity index (χ1) is 29.7. The standard InChI is InChI=1S/C52H41N3O/c1-33-18-20-39(21-19-33)41-24-25-53-47(32-41)44-30-42(38-14-9-6-10-15-38)29-43(31-44)45-16-11-17-49-50(45)54-52(46-27-34(2)26-36(4)51(46)56)55(49)48-23-22-40(28-35(48)3)37-12-7-5-8-13-37/h5-32,56H,1-4H3/i1D3,3D3. The van der Waals surface area contributed by atoms with Crippen LogP contribution >= 0.6 is 0 Å². The molecule has 0 saturated heterocycles. The maximum absolute atomic E-state index is 11.7. The van der Waals surface area contributed by atoms with E-state index in [1.54, 1.807) is 24.4 Å². The van der Waals surface area contributed by atoms with Crippen molar-refractivity contribution in [3.63, 3.8) is 0 Å². The zero-order chi connectivity index (χ0) is 43.3. The molecule has 1 N–H and O–H groups in total. The first kappa shape index (κ1) is 28.4. The summed E-state index contributed by atoms with van der Waals surface area (Å²) in [5.41, 5.74) is 12.9. The van der Waals surface area contributed by atoms with Gasteiger partial charge in [-0.2, -0.15) is 0 Å². The number of rotatable bonds is 7. The molecule has 0 atom stereocenters. The van der Waals surface area contributed by atoms with Gasteiger partial charge in [0, 0.05) is 25.5 Å². The lowest BCUT2D eigenvalue weighted by Crippen LogP contribution is -2.01. The van der Waals surface area contributed by atoms with Crippen LogP contribution in [0.5, 0.6) is 5.75 Å². The smallest absolute Gasteiger partial charge is 0.149 e. The summed E-state index contributed by atoms with van der Waals surface area (Å²) in [6.07, 6.45) is 1.76. The number of phenols is 1. The topological polar surface area (TPSA) is 50.9 Å². The monoisotopic (exact) mass is 729 g/mol. The van der Waals surface area contributed by atoms with Gasteiger partial charge >= 0.3 is 0 Å². The summed E-state index contributed by atoms with van der Waals surface area (Å²) in [5, 5.41) is 11.7. The molecular formula is C52H41N3O. The molecule has 0 aliphatic heterocycles. The van der Waals surface area contributed by atoms with E-state index in [2.05, 4.69) is 30.3 Å². The molecule has 2 heterocycles. The average molecular weight is 730 g/mol. The number of benzene rings is 7. The van der Waals surface area contributed by atoms with Crippen LogP contribution in [-0.4, -0.2) is 19.6 Å². The highest BCUT2D eigenvalue weighted by Crippen LogP contribution is 2.41. The van der Waals surface area contributed by atoms with Gasteiger partial charge in [-0.25, -0.2) is 4.98 Å². The minimum absolute atomic E-state index is 0.0670. The number of para-hydroxylation sites is 1. The second-order valence-electron chi connectivity index (χ2n) is 14.2. The van der Waals surface area contributed by atoms with Crippen LogP contribution in [0.1, 0.15) is 30.5 Å². The number of aromatic hydroxyl groups is 1. The van der Waals surface area contributed by atoms with Crippen LogP contribution in [0.15, 0.2) is 170 Å². The van der Waals surface area contributed by atoms with E-state index in [-0.39, 0.29) is 16.9 Å². The molecule has 0 unspecified atom stereocenters. The highest BCUT2D eigenvalue weighted by atomic mass is 16.3. The fourth-order valence-electron chi connectivity index (χ4n) is 7.59. The quantitative estimate of drug-likeness (QED) is 0.178. The summed E-state index contributed by atoms with van der Waals surface area (Å²) in [5.74, 6) is 0.477. The van der Waals surface area contributed by atoms with Gasteiger partial charge in [-0.1, -0.05) is 115 Å². The van der Waals surface area contributed by atoms with E-state index >= 15 is 0 Å². The number of phenolic OH excluding ortho intramolecular Hbond substituents is 1. The molecular weight excluding hydrogens is 683 g/mol. The molecule has 0 saturated carbocycles. The SMILES string of the molecule is [2H]C([2H])([2H])c1ccc(-c2ccnc(-c3cc(-c4ccccc4)cc(-c4cccc5c4nc(-c4cc(C)cc(C)c4O)n5-c4ccc(-c5ccccc5)cc4C([2H])([2H])[2H])c3)c2)cc1. The molecule has 0 radical (unpaired) electrons. The van der Waals surface area contributed by atoms with Crippen molar-refractivity contribution in [1.82, 2.24) is 14.5 Å². The van der Waals surface area contributed by atoms with E-state index in [1.807, 2.05) is 134 Å². The Balaban J connectivity index is 1.28. The molecule has 4 nitrogen and oxygen atoms in total. The number of imidazole rings is 1. The second-order valence-corrected chi connectivity index (χ2v) is 14.2. The van der Waals surface area contributed by atoms with Crippen molar-refractivity contribution in [2.24, 2.45) is 0 Å². The van der Waals surface area contributed by atoms with Crippen molar-refractivity contribution in [2.45, 2.75) is 27.6 Å². The molecule has 0 spiro atoms. The van der Waals surface area contributed by atoms with Crippen LogP contribution in [0.3, 0.4) is 0 Å². The van der Waals surface area contributed by atoms with Gasteiger partial charge in [0.15, 0.2) is 0 Å². The Hall–Kier alpha value is -7.04. The molecule has 9 aromatic rings. The Kier molecular flexibility index (Phi) is 7.26. The third-order valence-corrected chi connectivity index (χ3v) is 10.3. The van der Waals surface area contributed by atoms with Crippen molar-refractivity contribution in [3.8, 4) is 78.6 Å². The summed E-state index contributed by atoms with van der Waals surface area (Å²) in [7, 11) is 0. The number of hydrogen-bond donors (Lipinski definition) is 1. The third-order valence-electron chi connectivity index (χ3n) is 10.3. The fraction of sp³-hybridized carbons (Fsp3) is 0.0769. The van der Waals surface area contributed by atoms with Crippen molar-refractivity contribution < 1.29 is 13.3 Å². The van der Waals surface area contributed by atoms with E-state index in [9.17, 15) is 5.11 Å². The van der Waals surface area contributed by atoms with Crippen LogP contribution in [0.25, 0.3) is 83.9 Å². The molecule has 270 valence electrons. The van der Waals surface area contributed by atoms with Gasteiger partial charge in [-0.15, -0.1) is 0 Å². The number of hydrogen-bond acceptors (Lipinski definition) is 3. The van der Waals surface area contributed by atoms with Crippen molar-refractivity contribution in [3.05, 3.63) is 192 Å². The lowest BCUT2D eigenvalue weighted by Gasteiger charge is -2.16. The van der Waals surface area contributed by atoms with Gasteiger partial charge in [0.2, 0.25) is 0 Å². The van der Waals surface area contributed by atoms with Gasteiger partial charge in [0.05, 0.1) is 28.0 Å². The summed E-state index contributed by atoms with van der Waals surface area (Å²) < 4.78 is 51.6. The molecule has 9 rings (SSSR count). The molecule has 56 heavy (non-hydrogen) atoms. The summed E-state index contributed by atoms with van der Waals surface area (Å²) in [6.45, 7) is -0.880. The normalized spacial score (nSPS) is 13.3. The third kappa shape index (κ3) is 6.46. The van der Waals surface area contributed by atoms with Crippen LogP contribution in [0.4, 0.5) is 0 Å². The van der Waals surface area contributed by atoms with E-state index < -0.39 is 13.7 Å². The predicted molar refractivity (Wildman–Crippen MR) is 232 cm³/mol. The Morgan fingerprint density at radius 2 is 1.18 bits per heavy atom. The summed E-state index contributed by atoms with van der Waals surface area (Å²) in [4.78, 5) is 10.1. The molecule has 0 bridgehead atoms. The van der Waals surface area contributed by atoms with Crippen molar-refractivity contribution >= 4 is 11.0 Å². The van der Waals surface area contributed by atoms with Gasteiger partial charge in [-0.3, -0.25) is 9.55 Å². The molecule has 0 aliphatic rings. The highest BCUT2D eigenvalue weighted by molar-refractivity contribution is 5.98. The Morgan fingerprint density at radius 1 is 0.500 bits per heavy atom. The fourth-order valence-corrected chi connectivity index (χ4v) is 7.59. The zero-order valence-corrected chi connectivity index (χ0v) is 31.0. The van der Waals surface area contributed by atoms with Crippen molar-refractivity contribution in [2.75, 3.05) is 0 Å². The molecule has 2 aromatic heterocycles. The zero-order valence-electron chi connectivity index (χ0n) is 37.0. The van der Waals surface area contributed by atoms with Gasteiger partial charge in [-0.05, 0) is 138 Å². The molecule has 4 heteroatoms. The average Bonchev–Trinajstić information content (AvgIpc) is 3.67. The second kappa shape index (κ2) is 14.3. The van der Waals surface area contributed by atoms with Gasteiger partial charge < -0.3 is 5.11 Å². The number of nitrogens with zero attached hydrogens (tertiary/aromatic N) is 3.